The maximum absolute atomic E-state index is 4.12. The van der Waals surface area contributed by atoms with Crippen LogP contribution in [0.25, 0.3) is 0 Å². The Balaban J connectivity index is 2.34. The quantitative estimate of drug-likeness (QED) is 0.371. The van der Waals surface area contributed by atoms with Crippen molar-refractivity contribution in [2.75, 3.05) is 0 Å². The van der Waals surface area contributed by atoms with Gasteiger partial charge in [-0.15, -0.1) is 0 Å². The predicted molar refractivity (Wildman–Crippen MR) is 34.5 cm³/mol. The summed E-state index contributed by atoms with van der Waals surface area (Å²) in [7, 11) is 0. The molecule has 0 aliphatic heterocycles. The Kier molecular flexibility index (Phi) is 6.72. The van der Waals surface area contributed by atoms with Crippen LogP contribution in [0.4, 0.5) is 0 Å². The number of unbranched alkanes of at least 4 members (excludes halogenated alkanes) is 1. The first-order valence-electron chi connectivity index (χ1n) is 2.18. The molecule has 0 unspecified atom stereocenters. The Morgan fingerprint density at radius 3 is 2.50 bits per heavy atom. The van der Waals surface area contributed by atoms with Crippen molar-refractivity contribution in [2.24, 2.45) is 0 Å². The van der Waals surface area contributed by atoms with E-state index in [0.717, 1.165) is 0 Å². The van der Waals surface area contributed by atoms with Gasteiger partial charge in [0.15, 0.2) is 0 Å². The third-order valence-electron chi connectivity index (χ3n) is 0.589. The molecule has 0 aromatic heterocycles. The van der Waals surface area contributed by atoms with Crippen molar-refractivity contribution in [2.45, 2.75) is 25.1 Å². The van der Waals surface area contributed by atoms with Gasteiger partial charge in [0.2, 0.25) is 0 Å². The van der Waals surface area contributed by atoms with Crippen LogP contribution in [-0.4, -0.2) is 13.8 Å². The third kappa shape index (κ3) is 4.87. The van der Waals surface area contributed by atoms with Gasteiger partial charge in [-0.1, -0.05) is 0 Å². The van der Waals surface area contributed by atoms with E-state index in [4.69, 9.17) is 0 Å². The molecule has 0 aromatic carbocycles. The van der Waals surface area contributed by atoms with E-state index in [9.17, 15) is 0 Å². The molecule has 0 aromatic rings. The van der Waals surface area contributed by atoms with Crippen molar-refractivity contribution < 1.29 is 0 Å². The summed E-state index contributed by atoms with van der Waals surface area (Å²) in [5.41, 5.74) is 0. The molecule has 0 N–H and O–H groups in total. The normalized spacial score (nSPS) is 9.00. The van der Waals surface area contributed by atoms with Crippen LogP contribution in [0.5, 0.6) is 0 Å². The Hall–Kier alpha value is 0.869. The van der Waals surface area contributed by atoms with Crippen LogP contribution >= 0.6 is 11.0 Å². The van der Waals surface area contributed by atoms with E-state index < -0.39 is 0 Å². The summed E-state index contributed by atoms with van der Waals surface area (Å²) < 4.78 is 0. The van der Waals surface area contributed by atoms with Crippen LogP contribution < -0.4 is 0 Å². The minimum absolute atomic E-state index is 0.621. The van der Waals surface area contributed by atoms with E-state index in [1.54, 1.807) is 0 Å². The number of hydrogen-bond acceptors (Lipinski definition) is 1. The molecule has 2 heteroatoms. The van der Waals surface area contributed by atoms with Gasteiger partial charge in [0.05, 0.1) is 0 Å². The molecule has 0 aliphatic carbocycles. The van der Waals surface area contributed by atoms with Gasteiger partial charge >= 0.3 is 50.0 Å². The topological polar surface area (TPSA) is 0 Å². The Bertz CT molecular complexity index is 19.5. The molecule has 6 heavy (non-hydrogen) atoms. The first-order valence-corrected chi connectivity index (χ1v) is 6.05. The second-order valence-corrected chi connectivity index (χ2v) is 3.93. The van der Waals surface area contributed by atoms with Gasteiger partial charge in [-0.2, -0.15) is 0 Å². The minimum atomic E-state index is 0.621. The first kappa shape index (κ1) is 6.87. The van der Waals surface area contributed by atoms with Crippen molar-refractivity contribution in [3.63, 3.8) is 0 Å². The Morgan fingerprint density at radius 2 is 2.33 bits per heavy atom. The van der Waals surface area contributed by atoms with Crippen molar-refractivity contribution in [1.82, 2.24) is 0 Å². The molecule has 0 heterocycles. The molecule has 0 nitrogen and oxygen atoms in total. The van der Waals surface area contributed by atoms with Gasteiger partial charge in [0.25, 0.3) is 0 Å². The monoisotopic (exact) mass is 170 g/mol. The van der Waals surface area contributed by atoms with Crippen molar-refractivity contribution in [1.29, 1.82) is 0 Å². The summed E-state index contributed by atoms with van der Waals surface area (Å²) in [5.74, 6) is 0. The number of thiol groups is 1. The van der Waals surface area contributed by atoms with Gasteiger partial charge in [0, 0.05) is 0 Å². The Labute approximate surface area is 50.3 Å². The molecule has 38 valence electrons. The van der Waals surface area contributed by atoms with E-state index >= 15 is 0 Å². The summed E-state index contributed by atoms with van der Waals surface area (Å²) in [6.45, 7) is 2.21. The SMILES string of the molecule is CCCC[Se]S. The molecule has 0 aliphatic rings. The average molecular weight is 169 g/mol. The van der Waals surface area contributed by atoms with Crippen molar-refractivity contribution in [3.05, 3.63) is 0 Å². The average Bonchev–Trinajstić information content (AvgIpc) is 1.61. The molecule has 0 atom stereocenters. The number of hydrogen-bond donors (Lipinski definition) is 1. The van der Waals surface area contributed by atoms with E-state index in [1.807, 2.05) is 0 Å². The van der Waals surface area contributed by atoms with Gasteiger partial charge in [-0.25, -0.2) is 0 Å². The summed E-state index contributed by atoms with van der Waals surface area (Å²) in [6, 6.07) is 0. The summed E-state index contributed by atoms with van der Waals surface area (Å²) in [5, 5.41) is 1.34. The van der Waals surface area contributed by atoms with E-state index in [2.05, 4.69) is 18.0 Å². The molecule has 0 saturated heterocycles. The van der Waals surface area contributed by atoms with Gasteiger partial charge in [-0.3, -0.25) is 0 Å². The fourth-order valence-corrected chi connectivity index (χ4v) is 1.76. The van der Waals surface area contributed by atoms with E-state index in [-0.39, 0.29) is 0 Å². The summed E-state index contributed by atoms with van der Waals surface area (Å²) in [4.78, 5) is 0. The molecule has 0 saturated carbocycles. The van der Waals surface area contributed by atoms with Crippen LogP contribution in [0.1, 0.15) is 19.8 Å². The molecule has 0 spiro atoms. The number of rotatable bonds is 3. The van der Waals surface area contributed by atoms with Gasteiger partial charge < -0.3 is 0 Å². The maximum atomic E-state index is 4.12. The van der Waals surface area contributed by atoms with Crippen LogP contribution in [0, 0.1) is 0 Å². The molecule has 0 rings (SSSR count). The second kappa shape index (κ2) is 5.87. The summed E-state index contributed by atoms with van der Waals surface area (Å²) >= 11 is 4.74. The van der Waals surface area contributed by atoms with Crippen LogP contribution in [0.2, 0.25) is 5.32 Å². The molecular formula is C4H10SSe. The van der Waals surface area contributed by atoms with Gasteiger partial charge in [-0.05, 0) is 0 Å². The van der Waals surface area contributed by atoms with Gasteiger partial charge in [0.1, 0.15) is 0 Å². The third-order valence-corrected chi connectivity index (χ3v) is 2.53. The molecule has 0 radical (unpaired) electrons. The molecule has 0 bridgehead atoms. The van der Waals surface area contributed by atoms with E-state index in [0.29, 0.717) is 13.8 Å². The Morgan fingerprint density at radius 1 is 1.67 bits per heavy atom. The van der Waals surface area contributed by atoms with Crippen LogP contribution in [0.3, 0.4) is 0 Å². The zero-order valence-electron chi connectivity index (χ0n) is 3.98. The predicted octanol–water partition coefficient (Wildman–Crippen LogP) is 1.75. The van der Waals surface area contributed by atoms with Crippen LogP contribution in [0.15, 0.2) is 0 Å². The standard InChI is InChI=1S/C4H10SSe/c1-2-3-4-6-5/h5H,2-4H2,1H3. The van der Waals surface area contributed by atoms with Crippen LogP contribution in [-0.2, 0) is 0 Å². The molecule has 0 fully saturated rings. The first-order chi connectivity index (χ1) is 2.91. The fraction of sp³-hybridized carbons (Fsp3) is 1.00. The summed E-state index contributed by atoms with van der Waals surface area (Å²) in [6.07, 6.45) is 2.69. The van der Waals surface area contributed by atoms with Crippen molar-refractivity contribution >= 4 is 24.9 Å². The zero-order valence-corrected chi connectivity index (χ0v) is 6.58. The van der Waals surface area contributed by atoms with E-state index in [1.165, 1.54) is 18.2 Å². The molecular weight excluding hydrogens is 159 g/mol. The van der Waals surface area contributed by atoms with Crippen molar-refractivity contribution in [3.8, 4) is 0 Å². The zero-order chi connectivity index (χ0) is 4.83. The molecule has 0 amide bonds. The second-order valence-electron chi connectivity index (χ2n) is 1.19. The fourth-order valence-electron chi connectivity index (χ4n) is 0.209.